The van der Waals surface area contributed by atoms with E-state index in [2.05, 4.69) is 41.6 Å². The molecule has 0 fully saturated rings. The fraction of sp³-hybridized carbons (Fsp3) is 0.474. The van der Waals surface area contributed by atoms with E-state index in [0.717, 1.165) is 16.5 Å². The number of rotatable bonds is 8. The number of hydrazone groups is 1. The number of aromatic nitrogens is 3. The highest BCUT2D eigenvalue weighted by atomic mass is 79.9. The number of hydrogen-bond donors (Lipinski definition) is 2. The van der Waals surface area contributed by atoms with Crippen molar-refractivity contribution >= 4 is 28.1 Å². The van der Waals surface area contributed by atoms with Gasteiger partial charge in [0.15, 0.2) is 11.5 Å². The third-order valence-corrected chi connectivity index (χ3v) is 4.16. The Morgan fingerprint density at radius 2 is 2.00 bits per heavy atom. The van der Waals surface area contributed by atoms with Gasteiger partial charge in [0.05, 0.1) is 23.9 Å². The van der Waals surface area contributed by atoms with Crippen LogP contribution in [-0.2, 0) is 5.41 Å². The summed E-state index contributed by atoms with van der Waals surface area (Å²) in [5.41, 5.74) is 3.17. The van der Waals surface area contributed by atoms with Gasteiger partial charge >= 0.3 is 0 Å². The standard InChI is InChI=1S/C19H26BrN5O3/c1-6-8-28-15-13(20)9-12(10-14(15)27-7-2)11-21-24-18-22-17(26)16(23-25-18)19(3,4)5/h9-11H,6-8H2,1-5H3,(H2,22,24,25,26)/b21-11+. The molecule has 0 saturated carbocycles. The topological polar surface area (TPSA) is 101 Å². The zero-order valence-corrected chi connectivity index (χ0v) is 18.4. The Kier molecular flexibility index (Phi) is 7.56. The zero-order valence-electron chi connectivity index (χ0n) is 16.8. The van der Waals surface area contributed by atoms with E-state index in [1.54, 1.807) is 6.21 Å². The smallest absolute Gasteiger partial charge is 0.274 e. The fourth-order valence-corrected chi connectivity index (χ4v) is 2.89. The molecule has 2 N–H and O–H groups in total. The van der Waals surface area contributed by atoms with Crippen LogP contribution >= 0.6 is 15.9 Å². The molecule has 9 heteroatoms. The van der Waals surface area contributed by atoms with Gasteiger partial charge in [-0.25, -0.2) is 5.43 Å². The number of nitrogens with zero attached hydrogens (tertiary/aromatic N) is 3. The first-order valence-corrected chi connectivity index (χ1v) is 9.91. The van der Waals surface area contributed by atoms with Gasteiger partial charge in [-0.05, 0) is 47.0 Å². The number of halogens is 1. The lowest BCUT2D eigenvalue weighted by Gasteiger charge is -2.15. The lowest BCUT2D eigenvalue weighted by molar-refractivity contribution is 0.275. The number of hydrogen-bond acceptors (Lipinski definition) is 7. The molecule has 8 nitrogen and oxygen atoms in total. The SMILES string of the molecule is CCCOc1c(Br)cc(/C=N/Nc2nnc(C(C)(C)C)c(=O)[nH]2)cc1OCC. The second-order valence-corrected chi connectivity index (χ2v) is 7.94. The molecular weight excluding hydrogens is 426 g/mol. The molecule has 1 aromatic heterocycles. The van der Waals surface area contributed by atoms with E-state index in [1.807, 2.05) is 46.8 Å². The molecule has 2 aromatic rings. The van der Waals surface area contributed by atoms with E-state index in [0.29, 0.717) is 30.4 Å². The summed E-state index contributed by atoms with van der Waals surface area (Å²) >= 11 is 3.51. The Hall–Kier alpha value is -2.42. The van der Waals surface area contributed by atoms with Gasteiger partial charge in [-0.2, -0.15) is 5.10 Å². The van der Waals surface area contributed by atoms with Gasteiger partial charge in [0.25, 0.3) is 5.56 Å². The summed E-state index contributed by atoms with van der Waals surface area (Å²) in [7, 11) is 0. The molecule has 1 heterocycles. The van der Waals surface area contributed by atoms with Crippen molar-refractivity contribution in [2.75, 3.05) is 18.6 Å². The minimum absolute atomic E-state index is 0.168. The minimum atomic E-state index is -0.383. The largest absolute Gasteiger partial charge is 0.490 e. The predicted octanol–water partition coefficient (Wildman–Crippen LogP) is 3.86. The average molecular weight is 452 g/mol. The maximum Gasteiger partial charge on any atom is 0.274 e. The molecule has 0 aliphatic heterocycles. The van der Waals surface area contributed by atoms with Crippen molar-refractivity contribution in [3.63, 3.8) is 0 Å². The van der Waals surface area contributed by atoms with Crippen LogP contribution in [0.15, 0.2) is 26.5 Å². The molecule has 1 aromatic carbocycles. The Morgan fingerprint density at radius 1 is 1.25 bits per heavy atom. The number of H-pyrrole nitrogens is 1. The monoisotopic (exact) mass is 451 g/mol. The van der Waals surface area contributed by atoms with Crippen LogP contribution < -0.4 is 20.5 Å². The fourth-order valence-electron chi connectivity index (χ4n) is 2.32. The van der Waals surface area contributed by atoms with Crippen molar-refractivity contribution in [1.82, 2.24) is 15.2 Å². The molecule has 2 rings (SSSR count). The van der Waals surface area contributed by atoms with Crippen LogP contribution in [0.1, 0.15) is 52.3 Å². The van der Waals surface area contributed by atoms with Crippen molar-refractivity contribution in [3.8, 4) is 11.5 Å². The normalized spacial score (nSPS) is 11.6. The number of ether oxygens (including phenoxy) is 2. The molecule has 0 saturated heterocycles. The third-order valence-electron chi connectivity index (χ3n) is 3.57. The molecule has 0 spiro atoms. The van der Waals surface area contributed by atoms with Crippen LogP contribution in [0, 0.1) is 0 Å². The van der Waals surface area contributed by atoms with Crippen LogP contribution in [0.3, 0.4) is 0 Å². The first kappa shape index (κ1) is 21.9. The quantitative estimate of drug-likeness (QED) is 0.466. The first-order chi connectivity index (χ1) is 13.3. The predicted molar refractivity (Wildman–Crippen MR) is 114 cm³/mol. The third kappa shape index (κ3) is 5.79. The van der Waals surface area contributed by atoms with Gasteiger partial charge in [0.2, 0.25) is 5.95 Å². The van der Waals surface area contributed by atoms with E-state index < -0.39 is 0 Å². The van der Waals surface area contributed by atoms with Crippen molar-refractivity contribution in [2.24, 2.45) is 5.10 Å². The number of anilines is 1. The number of nitrogens with one attached hydrogen (secondary N) is 2. The molecule has 152 valence electrons. The van der Waals surface area contributed by atoms with E-state index in [-0.39, 0.29) is 16.9 Å². The lowest BCUT2D eigenvalue weighted by atomic mass is 9.93. The van der Waals surface area contributed by atoms with Crippen molar-refractivity contribution in [2.45, 2.75) is 46.5 Å². The van der Waals surface area contributed by atoms with E-state index >= 15 is 0 Å². The van der Waals surface area contributed by atoms with Crippen LogP contribution in [0.5, 0.6) is 11.5 Å². The summed E-state index contributed by atoms with van der Waals surface area (Å²) in [6.07, 6.45) is 2.49. The van der Waals surface area contributed by atoms with Gasteiger partial charge in [-0.1, -0.05) is 27.7 Å². The lowest BCUT2D eigenvalue weighted by Crippen LogP contribution is -2.28. The summed E-state index contributed by atoms with van der Waals surface area (Å²) in [5.74, 6) is 1.47. The number of benzene rings is 1. The zero-order chi connectivity index (χ0) is 20.7. The summed E-state index contributed by atoms with van der Waals surface area (Å²) in [4.78, 5) is 14.8. The summed E-state index contributed by atoms with van der Waals surface area (Å²) in [6.45, 7) is 10.8. The minimum Gasteiger partial charge on any atom is -0.490 e. The highest BCUT2D eigenvalue weighted by Crippen LogP contribution is 2.36. The molecule has 0 radical (unpaired) electrons. The molecule has 0 unspecified atom stereocenters. The number of aromatic amines is 1. The second-order valence-electron chi connectivity index (χ2n) is 7.08. The second kappa shape index (κ2) is 9.68. The molecule has 0 aliphatic rings. The Bertz CT molecular complexity index is 890. The van der Waals surface area contributed by atoms with Crippen LogP contribution in [0.4, 0.5) is 5.95 Å². The summed E-state index contributed by atoms with van der Waals surface area (Å²) < 4.78 is 12.2. The molecule has 0 bridgehead atoms. The van der Waals surface area contributed by atoms with Gasteiger partial charge in [0, 0.05) is 5.41 Å². The van der Waals surface area contributed by atoms with Gasteiger partial charge in [-0.3, -0.25) is 9.78 Å². The Morgan fingerprint density at radius 3 is 2.61 bits per heavy atom. The highest BCUT2D eigenvalue weighted by molar-refractivity contribution is 9.10. The summed E-state index contributed by atoms with van der Waals surface area (Å²) in [5, 5.41) is 12.1. The Labute approximate surface area is 172 Å². The van der Waals surface area contributed by atoms with Gasteiger partial charge in [0.1, 0.15) is 5.69 Å². The van der Waals surface area contributed by atoms with E-state index in [4.69, 9.17) is 9.47 Å². The van der Waals surface area contributed by atoms with Crippen molar-refractivity contribution < 1.29 is 9.47 Å². The van der Waals surface area contributed by atoms with Crippen LogP contribution in [-0.4, -0.2) is 34.6 Å². The molecule has 0 atom stereocenters. The van der Waals surface area contributed by atoms with Gasteiger partial charge < -0.3 is 9.47 Å². The van der Waals surface area contributed by atoms with E-state index in [9.17, 15) is 4.79 Å². The Balaban J connectivity index is 2.18. The molecular formula is C19H26BrN5O3. The maximum absolute atomic E-state index is 12.1. The highest BCUT2D eigenvalue weighted by Gasteiger charge is 2.20. The first-order valence-electron chi connectivity index (χ1n) is 9.12. The van der Waals surface area contributed by atoms with Crippen LogP contribution in [0.25, 0.3) is 0 Å². The maximum atomic E-state index is 12.1. The van der Waals surface area contributed by atoms with Gasteiger partial charge in [-0.15, -0.1) is 10.2 Å². The summed E-state index contributed by atoms with van der Waals surface area (Å²) in [6, 6.07) is 3.71. The van der Waals surface area contributed by atoms with E-state index in [1.165, 1.54) is 0 Å². The molecule has 0 amide bonds. The van der Waals surface area contributed by atoms with Crippen LogP contribution in [0.2, 0.25) is 0 Å². The average Bonchev–Trinajstić information content (AvgIpc) is 2.60. The van der Waals surface area contributed by atoms with Crippen molar-refractivity contribution in [1.29, 1.82) is 0 Å². The molecule has 28 heavy (non-hydrogen) atoms. The molecule has 0 aliphatic carbocycles. The van der Waals surface area contributed by atoms with Crippen molar-refractivity contribution in [3.05, 3.63) is 38.2 Å².